The molecule has 1 N–H and O–H groups in total. The fourth-order valence-electron chi connectivity index (χ4n) is 2.46. The third kappa shape index (κ3) is 2.50. The largest absolute Gasteiger partial charge is 0.479 e. The normalized spacial score (nSPS) is 20.1. The Hall–Kier alpha value is -1.35. The van der Waals surface area contributed by atoms with Crippen LogP contribution in [0.1, 0.15) is 44.3 Å². The van der Waals surface area contributed by atoms with Crippen molar-refractivity contribution in [3.8, 4) is 0 Å². The van der Waals surface area contributed by atoms with Gasteiger partial charge < -0.3 is 9.84 Å². The van der Waals surface area contributed by atoms with Gasteiger partial charge in [-0.3, -0.25) is 0 Å². The average molecular weight is 234 g/mol. The molecule has 0 radical (unpaired) electrons. The van der Waals surface area contributed by atoms with Crippen LogP contribution in [0.3, 0.4) is 0 Å². The van der Waals surface area contributed by atoms with E-state index in [9.17, 15) is 9.90 Å². The lowest BCUT2D eigenvalue weighted by Gasteiger charge is -2.28. The summed E-state index contributed by atoms with van der Waals surface area (Å²) < 4.78 is 5.85. The Labute approximate surface area is 101 Å². The minimum Gasteiger partial charge on any atom is -0.479 e. The van der Waals surface area contributed by atoms with Crippen molar-refractivity contribution in [2.45, 2.75) is 44.3 Å². The van der Waals surface area contributed by atoms with Gasteiger partial charge in [-0.15, -0.1) is 0 Å². The van der Waals surface area contributed by atoms with Crippen LogP contribution in [0, 0.1) is 0 Å². The van der Waals surface area contributed by atoms with Crippen molar-refractivity contribution in [2.75, 3.05) is 0 Å². The zero-order valence-electron chi connectivity index (χ0n) is 10.1. The zero-order valence-corrected chi connectivity index (χ0v) is 10.1. The molecule has 1 unspecified atom stereocenters. The molecule has 1 saturated carbocycles. The highest BCUT2D eigenvalue weighted by Gasteiger charge is 2.43. The van der Waals surface area contributed by atoms with Gasteiger partial charge in [-0.25, -0.2) is 4.79 Å². The van der Waals surface area contributed by atoms with Crippen LogP contribution in [0.5, 0.6) is 0 Å². The van der Waals surface area contributed by atoms with Crippen molar-refractivity contribution in [3.63, 3.8) is 0 Å². The molecule has 0 aliphatic heterocycles. The number of rotatable bonds is 4. The first-order chi connectivity index (χ1) is 8.14. The quantitative estimate of drug-likeness (QED) is 0.870. The number of ether oxygens (including phenoxy) is 1. The second kappa shape index (κ2) is 4.88. The van der Waals surface area contributed by atoms with Gasteiger partial charge in [0.25, 0.3) is 0 Å². The molecule has 1 aliphatic rings. The van der Waals surface area contributed by atoms with Crippen LogP contribution >= 0.6 is 0 Å². The Morgan fingerprint density at radius 2 is 1.88 bits per heavy atom. The predicted octanol–water partition coefficient (Wildman–Crippen LogP) is 3.16. The first kappa shape index (κ1) is 12.1. The SMILES string of the molecule is CC(OC1(C(=O)O)CCCC1)c1ccccc1. The highest BCUT2D eigenvalue weighted by atomic mass is 16.5. The van der Waals surface area contributed by atoms with Gasteiger partial charge in [0.05, 0.1) is 6.10 Å². The number of hydrogen-bond donors (Lipinski definition) is 1. The molecule has 17 heavy (non-hydrogen) atoms. The zero-order chi connectivity index (χ0) is 12.3. The number of carboxylic acid groups (broad SMARTS) is 1. The first-order valence-corrected chi connectivity index (χ1v) is 6.10. The Morgan fingerprint density at radius 1 is 1.29 bits per heavy atom. The van der Waals surface area contributed by atoms with Crippen molar-refractivity contribution in [1.29, 1.82) is 0 Å². The second-order valence-corrected chi connectivity index (χ2v) is 4.68. The maximum Gasteiger partial charge on any atom is 0.335 e. The van der Waals surface area contributed by atoms with Crippen LogP contribution in [0.2, 0.25) is 0 Å². The summed E-state index contributed by atoms with van der Waals surface area (Å²) in [7, 11) is 0. The summed E-state index contributed by atoms with van der Waals surface area (Å²) >= 11 is 0. The molecule has 0 amide bonds. The molecule has 92 valence electrons. The molecule has 1 aliphatic carbocycles. The number of aliphatic carboxylic acids is 1. The van der Waals surface area contributed by atoms with E-state index in [4.69, 9.17) is 4.74 Å². The van der Waals surface area contributed by atoms with Crippen LogP contribution in [0.25, 0.3) is 0 Å². The van der Waals surface area contributed by atoms with Gasteiger partial charge in [0.2, 0.25) is 0 Å². The molecule has 3 heteroatoms. The van der Waals surface area contributed by atoms with E-state index in [0.717, 1.165) is 18.4 Å². The minimum absolute atomic E-state index is 0.176. The highest BCUT2D eigenvalue weighted by molar-refractivity contribution is 5.77. The van der Waals surface area contributed by atoms with Gasteiger partial charge in [0.1, 0.15) is 0 Å². The summed E-state index contributed by atoms with van der Waals surface area (Å²) in [6.45, 7) is 1.92. The number of benzene rings is 1. The van der Waals surface area contributed by atoms with Gasteiger partial charge in [-0.2, -0.15) is 0 Å². The molecule has 1 atom stereocenters. The molecule has 0 bridgehead atoms. The molecule has 1 fully saturated rings. The third-order valence-electron chi connectivity index (χ3n) is 3.47. The molecule has 1 aromatic carbocycles. The van der Waals surface area contributed by atoms with E-state index < -0.39 is 11.6 Å². The molecule has 0 spiro atoms. The summed E-state index contributed by atoms with van der Waals surface area (Å²) in [5.41, 5.74) is 0.0648. The van der Waals surface area contributed by atoms with E-state index >= 15 is 0 Å². The topological polar surface area (TPSA) is 46.5 Å². The lowest BCUT2D eigenvalue weighted by molar-refractivity contribution is -0.172. The minimum atomic E-state index is -0.963. The summed E-state index contributed by atoms with van der Waals surface area (Å²) in [6.07, 6.45) is 2.95. The molecule has 0 saturated heterocycles. The Balaban J connectivity index is 2.11. The van der Waals surface area contributed by atoms with E-state index in [2.05, 4.69) is 0 Å². The first-order valence-electron chi connectivity index (χ1n) is 6.10. The molecule has 2 rings (SSSR count). The Morgan fingerprint density at radius 3 is 2.41 bits per heavy atom. The van der Waals surface area contributed by atoms with E-state index in [1.54, 1.807) is 0 Å². The van der Waals surface area contributed by atoms with Crippen molar-refractivity contribution < 1.29 is 14.6 Å². The Kier molecular flexibility index (Phi) is 3.48. The highest BCUT2D eigenvalue weighted by Crippen LogP contribution is 2.37. The van der Waals surface area contributed by atoms with Crippen LogP contribution < -0.4 is 0 Å². The number of hydrogen-bond acceptors (Lipinski definition) is 2. The summed E-state index contributed by atoms with van der Waals surface area (Å²) in [5.74, 6) is -0.821. The van der Waals surface area contributed by atoms with Crippen molar-refractivity contribution >= 4 is 5.97 Å². The van der Waals surface area contributed by atoms with Crippen molar-refractivity contribution in [3.05, 3.63) is 35.9 Å². The molecule has 0 aromatic heterocycles. The summed E-state index contributed by atoms with van der Waals surface area (Å²) in [5, 5.41) is 9.33. The molecular weight excluding hydrogens is 216 g/mol. The van der Waals surface area contributed by atoms with Crippen LogP contribution in [-0.2, 0) is 9.53 Å². The number of carboxylic acids is 1. The molecule has 1 aromatic rings. The maximum absolute atomic E-state index is 11.4. The predicted molar refractivity (Wildman–Crippen MR) is 64.8 cm³/mol. The van der Waals surface area contributed by atoms with Gasteiger partial charge in [-0.1, -0.05) is 30.3 Å². The van der Waals surface area contributed by atoms with E-state index in [-0.39, 0.29) is 6.10 Å². The van der Waals surface area contributed by atoms with Crippen molar-refractivity contribution in [1.82, 2.24) is 0 Å². The summed E-state index contributed by atoms with van der Waals surface area (Å²) in [4.78, 5) is 11.4. The fourth-order valence-corrected chi connectivity index (χ4v) is 2.46. The number of carbonyl (C=O) groups is 1. The monoisotopic (exact) mass is 234 g/mol. The van der Waals surface area contributed by atoms with Crippen molar-refractivity contribution in [2.24, 2.45) is 0 Å². The standard InChI is InChI=1S/C14H18O3/c1-11(12-7-3-2-4-8-12)17-14(13(15)16)9-5-6-10-14/h2-4,7-8,11H,5-6,9-10H2,1H3,(H,15,16). The smallest absolute Gasteiger partial charge is 0.335 e. The van der Waals surface area contributed by atoms with E-state index in [1.165, 1.54) is 0 Å². The second-order valence-electron chi connectivity index (χ2n) is 4.68. The van der Waals surface area contributed by atoms with Gasteiger partial charge in [0.15, 0.2) is 5.60 Å². The fraction of sp³-hybridized carbons (Fsp3) is 0.500. The van der Waals surface area contributed by atoms with Gasteiger partial charge >= 0.3 is 5.97 Å². The van der Waals surface area contributed by atoms with Crippen LogP contribution in [-0.4, -0.2) is 16.7 Å². The van der Waals surface area contributed by atoms with Crippen LogP contribution in [0.15, 0.2) is 30.3 Å². The van der Waals surface area contributed by atoms with Gasteiger partial charge in [-0.05, 0) is 38.2 Å². The lowest BCUT2D eigenvalue weighted by atomic mass is 10.0. The van der Waals surface area contributed by atoms with Crippen LogP contribution in [0.4, 0.5) is 0 Å². The van der Waals surface area contributed by atoms with Gasteiger partial charge in [0, 0.05) is 0 Å². The average Bonchev–Trinajstić information content (AvgIpc) is 2.80. The maximum atomic E-state index is 11.4. The third-order valence-corrected chi connectivity index (χ3v) is 3.47. The summed E-state index contributed by atoms with van der Waals surface area (Å²) in [6, 6.07) is 9.76. The van der Waals surface area contributed by atoms with E-state index in [1.807, 2.05) is 37.3 Å². The molecule has 3 nitrogen and oxygen atoms in total. The lowest BCUT2D eigenvalue weighted by Crippen LogP contribution is -2.39. The molecular formula is C14H18O3. The Bertz CT molecular complexity index is 380. The molecule has 0 heterocycles. The van der Waals surface area contributed by atoms with E-state index in [0.29, 0.717) is 12.8 Å².